The van der Waals surface area contributed by atoms with Gasteiger partial charge in [-0.15, -0.1) is 0 Å². The van der Waals surface area contributed by atoms with E-state index in [0.29, 0.717) is 19.8 Å². The van der Waals surface area contributed by atoms with E-state index in [1.165, 1.54) is 12.1 Å². The lowest BCUT2D eigenvalue weighted by Gasteiger charge is -2.29. The summed E-state index contributed by atoms with van der Waals surface area (Å²) < 4.78 is 32.2. The molecule has 6 nitrogen and oxygen atoms in total. The van der Waals surface area contributed by atoms with Gasteiger partial charge < -0.3 is 9.84 Å². The number of phenols is 1. The highest BCUT2D eigenvalue weighted by Crippen LogP contribution is 2.21. The zero-order chi connectivity index (χ0) is 14.6. The number of nitrogens with zero attached hydrogens (tertiary/aromatic N) is 1. The van der Waals surface area contributed by atoms with E-state index >= 15 is 0 Å². The summed E-state index contributed by atoms with van der Waals surface area (Å²) in [7, 11) is -3.70. The fourth-order valence-corrected chi connectivity index (χ4v) is 3.55. The number of morpholine rings is 1. The van der Waals surface area contributed by atoms with Crippen LogP contribution in [0.4, 0.5) is 0 Å². The van der Waals surface area contributed by atoms with Gasteiger partial charge in [-0.05, 0) is 19.1 Å². The molecule has 0 spiro atoms. The summed E-state index contributed by atoms with van der Waals surface area (Å²) in [5.41, 5.74) is 0. The molecule has 0 radical (unpaired) electrons. The van der Waals surface area contributed by atoms with Crippen molar-refractivity contribution in [1.29, 1.82) is 0 Å². The zero-order valence-electron chi connectivity index (χ0n) is 11.4. The van der Waals surface area contributed by atoms with Crippen LogP contribution in [0.2, 0.25) is 0 Å². The molecule has 1 aromatic rings. The molecule has 1 atom stereocenters. The monoisotopic (exact) mass is 300 g/mol. The third-order valence-corrected chi connectivity index (χ3v) is 4.78. The minimum absolute atomic E-state index is 0.0890. The van der Waals surface area contributed by atoms with E-state index in [4.69, 9.17) is 4.74 Å². The van der Waals surface area contributed by atoms with Crippen LogP contribution in [-0.4, -0.2) is 57.3 Å². The molecule has 1 aliphatic heterocycles. The number of ether oxygens (including phenoxy) is 1. The third kappa shape index (κ3) is 3.92. The molecule has 0 aromatic heterocycles. The smallest absolute Gasteiger partial charge is 0.244 e. The lowest BCUT2D eigenvalue weighted by Crippen LogP contribution is -2.45. The van der Waals surface area contributed by atoms with E-state index < -0.39 is 10.0 Å². The Bertz CT molecular complexity index is 541. The van der Waals surface area contributed by atoms with Gasteiger partial charge in [0.1, 0.15) is 10.6 Å². The van der Waals surface area contributed by atoms with Crippen molar-refractivity contribution in [3.05, 3.63) is 24.3 Å². The van der Waals surface area contributed by atoms with E-state index in [0.717, 1.165) is 13.1 Å². The Labute approximate surface area is 119 Å². The highest BCUT2D eigenvalue weighted by molar-refractivity contribution is 7.89. The summed E-state index contributed by atoms with van der Waals surface area (Å²) in [6.45, 7) is 5.41. The lowest BCUT2D eigenvalue weighted by atomic mass is 10.3. The summed E-state index contributed by atoms with van der Waals surface area (Å²) >= 11 is 0. The van der Waals surface area contributed by atoms with Crippen LogP contribution < -0.4 is 4.72 Å². The Morgan fingerprint density at radius 2 is 2.00 bits per heavy atom. The Hall–Kier alpha value is -1.15. The van der Waals surface area contributed by atoms with Crippen molar-refractivity contribution in [3.8, 4) is 5.75 Å². The van der Waals surface area contributed by atoms with Crippen LogP contribution in [-0.2, 0) is 14.8 Å². The predicted molar refractivity (Wildman–Crippen MR) is 75.1 cm³/mol. The second-order valence-corrected chi connectivity index (χ2v) is 6.59. The van der Waals surface area contributed by atoms with Crippen LogP contribution in [0.3, 0.4) is 0 Å². The molecule has 0 aliphatic carbocycles. The molecule has 7 heteroatoms. The van der Waals surface area contributed by atoms with E-state index in [9.17, 15) is 13.5 Å². The maximum absolute atomic E-state index is 12.2. The second-order valence-electron chi connectivity index (χ2n) is 4.90. The van der Waals surface area contributed by atoms with Crippen molar-refractivity contribution >= 4 is 10.0 Å². The summed E-state index contributed by atoms with van der Waals surface area (Å²) in [6.07, 6.45) is 0. The summed E-state index contributed by atoms with van der Waals surface area (Å²) in [6, 6.07) is 5.69. The van der Waals surface area contributed by atoms with Crippen molar-refractivity contribution in [3.63, 3.8) is 0 Å². The number of rotatable bonds is 5. The summed E-state index contributed by atoms with van der Waals surface area (Å²) in [4.78, 5) is 2.07. The van der Waals surface area contributed by atoms with Gasteiger partial charge in [-0.25, -0.2) is 13.1 Å². The Kier molecular flexibility index (Phi) is 4.98. The van der Waals surface area contributed by atoms with E-state index in [1.807, 2.05) is 6.92 Å². The van der Waals surface area contributed by atoms with Crippen LogP contribution in [0.25, 0.3) is 0 Å². The Balaban J connectivity index is 1.99. The zero-order valence-corrected chi connectivity index (χ0v) is 12.3. The fourth-order valence-electron chi connectivity index (χ4n) is 2.22. The van der Waals surface area contributed by atoms with Gasteiger partial charge in [-0.1, -0.05) is 12.1 Å². The maximum Gasteiger partial charge on any atom is 0.244 e. The van der Waals surface area contributed by atoms with Gasteiger partial charge >= 0.3 is 0 Å². The standard InChI is InChI=1S/C13H20N2O4S/c1-11(10-15-6-8-19-9-7-15)14-20(17,18)13-5-3-2-4-12(13)16/h2-5,11,14,16H,6-10H2,1H3. The normalized spacial score (nSPS) is 18.9. The van der Waals surface area contributed by atoms with Crippen LogP contribution in [0.1, 0.15) is 6.92 Å². The van der Waals surface area contributed by atoms with Gasteiger partial charge in [0.25, 0.3) is 0 Å². The Morgan fingerprint density at radius 1 is 1.35 bits per heavy atom. The van der Waals surface area contributed by atoms with Gasteiger partial charge in [0.15, 0.2) is 0 Å². The SMILES string of the molecule is CC(CN1CCOCC1)NS(=O)(=O)c1ccccc1O. The first-order valence-electron chi connectivity index (χ1n) is 6.59. The average Bonchev–Trinajstić information content (AvgIpc) is 2.39. The first-order valence-corrected chi connectivity index (χ1v) is 8.08. The van der Waals surface area contributed by atoms with E-state index in [2.05, 4.69) is 9.62 Å². The summed E-state index contributed by atoms with van der Waals surface area (Å²) in [5, 5.41) is 9.63. The van der Waals surface area contributed by atoms with Crippen molar-refractivity contribution in [1.82, 2.24) is 9.62 Å². The third-order valence-electron chi connectivity index (χ3n) is 3.15. The number of para-hydroxylation sites is 1. The molecule has 1 heterocycles. The number of sulfonamides is 1. The molecule has 1 aromatic carbocycles. The van der Waals surface area contributed by atoms with Crippen LogP contribution in [0.15, 0.2) is 29.2 Å². The molecule has 2 rings (SSSR count). The largest absolute Gasteiger partial charge is 0.507 e. The van der Waals surface area contributed by atoms with E-state index in [1.54, 1.807) is 12.1 Å². The molecular weight excluding hydrogens is 280 g/mol. The van der Waals surface area contributed by atoms with Gasteiger partial charge in [-0.2, -0.15) is 0 Å². The van der Waals surface area contributed by atoms with E-state index in [-0.39, 0.29) is 16.7 Å². The van der Waals surface area contributed by atoms with Crippen molar-refractivity contribution in [2.45, 2.75) is 17.9 Å². The van der Waals surface area contributed by atoms with Gasteiger partial charge in [-0.3, -0.25) is 4.90 Å². The topological polar surface area (TPSA) is 78.9 Å². The molecule has 0 amide bonds. The predicted octanol–water partition coefficient (Wildman–Crippen LogP) is 0.391. The summed E-state index contributed by atoms with van der Waals surface area (Å²) in [5.74, 6) is -0.237. The minimum atomic E-state index is -3.70. The number of hydrogen-bond acceptors (Lipinski definition) is 5. The number of nitrogens with one attached hydrogen (secondary N) is 1. The molecule has 1 unspecified atom stereocenters. The molecule has 20 heavy (non-hydrogen) atoms. The molecule has 2 N–H and O–H groups in total. The number of aromatic hydroxyl groups is 1. The molecule has 1 fully saturated rings. The highest BCUT2D eigenvalue weighted by atomic mass is 32.2. The minimum Gasteiger partial charge on any atom is -0.507 e. The molecular formula is C13H20N2O4S. The van der Waals surface area contributed by atoms with Gasteiger partial charge in [0.2, 0.25) is 10.0 Å². The van der Waals surface area contributed by atoms with Gasteiger partial charge in [0.05, 0.1) is 13.2 Å². The fraction of sp³-hybridized carbons (Fsp3) is 0.538. The quantitative estimate of drug-likeness (QED) is 0.822. The number of phenolic OH excluding ortho intramolecular Hbond substituents is 1. The molecule has 1 saturated heterocycles. The number of hydrogen-bond donors (Lipinski definition) is 2. The molecule has 0 bridgehead atoms. The average molecular weight is 300 g/mol. The second kappa shape index (κ2) is 6.53. The van der Waals surface area contributed by atoms with Crippen LogP contribution >= 0.6 is 0 Å². The van der Waals surface area contributed by atoms with Crippen LogP contribution in [0, 0.1) is 0 Å². The maximum atomic E-state index is 12.2. The first kappa shape index (κ1) is 15.2. The van der Waals surface area contributed by atoms with Crippen molar-refractivity contribution in [2.75, 3.05) is 32.8 Å². The van der Waals surface area contributed by atoms with Gasteiger partial charge in [0, 0.05) is 25.7 Å². The lowest BCUT2D eigenvalue weighted by molar-refractivity contribution is 0.0354. The molecule has 112 valence electrons. The highest BCUT2D eigenvalue weighted by Gasteiger charge is 2.22. The van der Waals surface area contributed by atoms with Crippen molar-refractivity contribution < 1.29 is 18.3 Å². The Morgan fingerprint density at radius 3 is 2.65 bits per heavy atom. The number of benzene rings is 1. The van der Waals surface area contributed by atoms with Crippen molar-refractivity contribution in [2.24, 2.45) is 0 Å². The van der Waals surface area contributed by atoms with Crippen LogP contribution in [0.5, 0.6) is 5.75 Å². The molecule has 1 aliphatic rings. The first-order chi connectivity index (χ1) is 9.49. The molecule has 0 saturated carbocycles.